The monoisotopic (exact) mass is 135 g/mol. The van der Waals surface area contributed by atoms with Gasteiger partial charge in [-0.25, -0.2) is 0 Å². The number of hydrogen-bond acceptors (Lipinski definition) is 0. The summed E-state index contributed by atoms with van der Waals surface area (Å²) in [4.78, 5) is 0. The Morgan fingerprint density at radius 2 is 1.90 bits per heavy atom. The molecule has 0 fully saturated rings. The number of aryl methyl sites for hydroxylation is 2. The first-order valence-corrected chi connectivity index (χ1v) is 3.49. The van der Waals surface area contributed by atoms with Crippen molar-refractivity contribution in [2.75, 3.05) is 0 Å². The van der Waals surface area contributed by atoms with Crippen LogP contribution in [-0.4, -0.2) is 4.57 Å². The fourth-order valence-corrected chi connectivity index (χ4v) is 1.12. The number of nitrogens with zero attached hydrogens (tertiary/aromatic N) is 1. The van der Waals surface area contributed by atoms with E-state index in [2.05, 4.69) is 37.1 Å². The van der Waals surface area contributed by atoms with Gasteiger partial charge in [0, 0.05) is 17.9 Å². The SMILES string of the molecule is C=CCn1c(C)ccc1C. The normalized spacial score (nSPS) is 9.80. The van der Waals surface area contributed by atoms with Gasteiger partial charge >= 0.3 is 0 Å². The summed E-state index contributed by atoms with van der Waals surface area (Å²) in [7, 11) is 0. The maximum Gasteiger partial charge on any atom is 0.0402 e. The Labute approximate surface area is 62.0 Å². The van der Waals surface area contributed by atoms with Crippen LogP contribution in [0.5, 0.6) is 0 Å². The van der Waals surface area contributed by atoms with Crippen LogP contribution in [0.25, 0.3) is 0 Å². The Bertz CT molecular complexity index is 213. The minimum absolute atomic E-state index is 0.921. The molecule has 1 aromatic heterocycles. The third-order valence-corrected chi connectivity index (χ3v) is 1.73. The number of rotatable bonds is 2. The molecule has 1 rings (SSSR count). The van der Waals surface area contributed by atoms with Crippen molar-refractivity contribution in [2.45, 2.75) is 20.4 Å². The molecule has 1 aromatic rings. The van der Waals surface area contributed by atoms with Gasteiger partial charge in [-0.1, -0.05) is 6.08 Å². The van der Waals surface area contributed by atoms with Crippen molar-refractivity contribution in [2.24, 2.45) is 0 Å². The van der Waals surface area contributed by atoms with Gasteiger partial charge in [0.1, 0.15) is 0 Å². The van der Waals surface area contributed by atoms with E-state index in [4.69, 9.17) is 0 Å². The van der Waals surface area contributed by atoms with Gasteiger partial charge in [0.05, 0.1) is 0 Å². The fourth-order valence-electron chi connectivity index (χ4n) is 1.12. The van der Waals surface area contributed by atoms with Crippen LogP contribution in [-0.2, 0) is 6.54 Å². The van der Waals surface area contributed by atoms with Crippen molar-refractivity contribution in [1.29, 1.82) is 0 Å². The van der Waals surface area contributed by atoms with Gasteiger partial charge in [-0.2, -0.15) is 0 Å². The summed E-state index contributed by atoms with van der Waals surface area (Å²) < 4.78 is 2.23. The van der Waals surface area contributed by atoms with Crippen LogP contribution in [0, 0.1) is 13.8 Å². The van der Waals surface area contributed by atoms with Crippen molar-refractivity contribution < 1.29 is 0 Å². The summed E-state index contributed by atoms with van der Waals surface area (Å²) in [5.74, 6) is 0. The minimum atomic E-state index is 0.921. The van der Waals surface area contributed by atoms with E-state index >= 15 is 0 Å². The molecule has 0 spiro atoms. The van der Waals surface area contributed by atoms with Gasteiger partial charge in [0.25, 0.3) is 0 Å². The third-order valence-electron chi connectivity index (χ3n) is 1.73. The lowest BCUT2D eigenvalue weighted by Crippen LogP contribution is -1.98. The highest BCUT2D eigenvalue weighted by Crippen LogP contribution is 2.05. The van der Waals surface area contributed by atoms with Crippen LogP contribution >= 0.6 is 0 Å². The van der Waals surface area contributed by atoms with Gasteiger partial charge in [-0.3, -0.25) is 0 Å². The second-order valence-electron chi connectivity index (χ2n) is 2.52. The number of allylic oxidation sites excluding steroid dienone is 1. The lowest BCUT2D eigenvalue weighted by atomic mass is 10.5. The Morgan fingerprint density at radius 3 is 2.30 bits per heavy atom. The molecule has 0 aromatic carbocycles. The Hall–Kier alpha value is -0.980. The Balaban J connectivity index is 2.97. The smallest absolute Gasteiger partial charge is 0.0402 e. The van der Waals surface area contributed by atoms with E-state index in [1.807, 2.05) is 6.08 Å². The van der Waals surface area contributed by atoms with Crippen molar-refractivity contribution in [3.05, 3.63) is 36.2 Å². The second kappa shape index (κ2) is 2.74. The van der Waals surface area contributed by atoms with Crippen molar-refractivity contribution in [1.82, 2.24) is 4.57 Å². The summed E-state index contributed by atoms with van der Waals surface area (Å²) in [5.41, 5.74) is 2.61. The zero-order valence-corrected chi connectivity index (χ0v) is 6.59. The highest BCUT2D eigenvalue weighted by molar-refractivity contribution is 5.14. The average Bonchev–Trinajstić information content (AvgIpc) is 2.20. The largest absolute Gasteiger partial charge is 0.345 e. The molecule has 0 saturated carbocycles. The quantitative estimate of drug-likeness (QED) is 0.548. The summed E-state index contributed by atoms with van der Waals surface area (Å²) in [6.45, 7) is 8.83. The zero-order chi connectivity index (χ0) is 7.56. The number of hydrogen-bond donors (Lipinski definition) is 0. The molecule has 54 valence electrons. The molecular formula is C9H13N. The van der Waals surface area contributed by atoms with Crippen LogP contribution in [0.3, 0.4) is 0 Å². The Morgan fingerprint density at radius 1 is 1.40 bits per heavy atom. The molecule has 0 aliphatic rings. The molecule has 0 aliphatic carbocycles. The molecule has 0 unspecified atom stereocenters. The maximum absolute atomic E-state index is 3.70. The van der Waals surface area contributed by atoms with Gasteiger partial charge in [-0.05, 0) is 26.0 Å². The molecule has 1 heterocycles. The maximum atomic E-state index is 3.70. The molecule has 0 radical (unpaired) electrons. The molecular weight excluding hydrogens is 122 g/mol. The van der Waals surface area contributed by atoms with Crippen molar-refractivity contribution >= 4 is 0 Å². The second-order valence-corrected chi connectivity index (χ2v) is 2.52. The summed E-state index contributed by atoms with van der Waals surface area (Å²) in [6.07, 6.45) is 1.92. The summed E-state index contributed by atoms with van der Waals surface area (Å²) >= 11 is 0. The first-order valence-electron chi connectivity index (χ1n) is 3.49. The van der Waals surface area contributed by atoms with E-state index in [-0.39, 0.29) is 0 Å². The molecule has 0 saturated heterocycles. The molecule has 0 atom stereocenters. The lowest BCUT2D eigenvalue weighted by molar-refractivity contribution is 0.769. The van der Waals surface area contributed by atoms with E-state index in [0.717, 1.165) is 6.54 Å². The first kappa shape index (κ1) is 7.13. The topological polar surface area (TPSA) is 4.93 Å². The Kier molecular flexibility index (Phi) is 1.95. The van der Waals surface area contributed by atoms with Crippen LogP contribution in [0.15, 0.2) is 24.8 Å². The van der Waals surface area contributed by atoms with E-state index in [9.17, 15) is 0 Å². The minimum Gasteiger partial charge on any atom is -0.345 e. The van der Waals surface area contributed by atoms with Gasteiger partial charge in [0.2, 0.25) is 0 Å². The highest BCUT2D eigenvalue weighted by atomic mass is 15.0. The molecule has 1 nitrogen and oxygen atoms in total. The van der Waals surface area contributed by atoms with Crippen LogP contribution in [0.1, 0.15) is 11.4 Å². The lowest BCUT2D eigenvalue weighted by Gasteiger charge is -2.03. The molecule has 0 bridgehead atoms. The fraction of sp³-hybridized carbons (Fsp3) is 0.333. The predicted molar refractivity (Wildman–Crippen MR) is 44.1 cm³/mol. The third kappa shape index (κ3) is 1.13. The molecule has 10 heavy (non-hydrogen) atoms. The predicted octanol–water partition coefficient (Wildman–Crippen LogP) is 2.29. The number of aromatic nitrogens is 1. The summed E-state index contributed by atoms with van der Waals surface area (Å²) in [6, 6.07) is 4.25. The standard InChI is InChI=1S/C9H13N/c1-4-7-10-8(2)5-6-9(10)3/h4-6H,1,7H2,2-3H3. The molecule has 0 N–H and O–H groups in total. The van der Waals surface area contributed by atoms with Crippen LogP contribution < -0.4 is 0 Å². The van der Waals surface area contributed by atoms with Crippen LogP contribution in [0.4, 0.5) is 0 Å². The summed E-state index contributed by atoms with van der Waals surface area (Å²) in [5, 5.41) is 0. The van der Waals surface area contributed by atoms with Gasteiger partial charge in [-0.15, -0.1) is 6.58 Å². The first-order chi connectivity index (χ1) is 4.75. The molecule has 0 amide bonds. The van der Waals surface area contributed by atoms with Crippen LogP contribution in [0.2, 0.25) is 0 Å². The van der Waals surface area contributed by atoms with Gasteiger partial charge in [0.15, 0.2) is 0 Å². The molecule has 0 aliphatic heterocycles. The van der Waals surface area contributed by atoms with E-state index in [1.54, 1.807) is 0 Å². The van der Waals surface area contributed by atoms with Crippen molar-refractivity contribution in [3.8, 4) is 0 Å². The van der Waals surface area contributed by atoms with E-state index < -0.39 is 0 Å². The molecule has 1 heteroatoms. The van der Waals surface area contributed by atoms with E-state index in [0.29, 0.717) is 0 Å². The average molecular weight is 135 g/mol. The van der Waals surface area contributed by atoms with Crippen molar-refractivity contribution in [3.63, 3.8) is 0 Å². The zero-order valence-electron chi connectivity index (χ0n) is 6.59. The highest BCUT2D eigenvalue weighted by Gasteiger charge is 1.95. The van der Waals surface area contributed by atoms with E-state index in [1.165, 1.54) is 11.4 Å². The van der Waals surface area contributed by atoms with Gasteiger partial charge < -0.3 is 4.57 Å².